The molecule has 4 rings (SSSR count). The van der Waals surface area contributed by atoms with Gasteiger partial charge in [0.15, 0.2) is 5.41 Å². The molecule has 3 fully saturated rings. The highest BCUT2D eigenvalue weighted by molar-refractivity contribution is 5.90. The van der Waals surface area contributed by atoms with Gasteiger partial charge in [-0.25, -0.2) is 4.79 Å². The molecule has 4 atom stereocenters. The Balaban J connectivity index is 1.90. The van der Waals surface area contributed by atoms with E-state index >= 15 is 0 Å². The zero-order valence-corrected chi connectivity index (χ0v) is 17.2. The highest BCUT2D eigenvalue weighted by Gasteiger charge is 2.79. The number of methoxy groups -OCH3 is 1. The Labute approximate surface area is 180 Å². The van der Waals surface area contributed by atoms with Crippen LogP contribution in [0.2, 0.25) is 0 Å². The van der Waals surface area contributed by atoms with Crippen molar-refractivity contribution in [2.24, 2.45) is 16.7 Å². The highest BCUT2D eigenvalue weighted by Crippen LogP contribution is 2.68. The third-order valence-electron chi connectivity index (χ3n) is 6.95. The van der Waals surface area contributed by atoms with Crippen LogP contribution in [0.15, 0.2) is 24.3 Å². The van der Waals surface area contributed by atoms with Gasteiger partial charge < -0.3 is 14.2 Å². The summed E-state index contributed by atoms with van der Waals surface area (Å²) in [6, 6.07) is 12.5. The Morgan fingerprint density at radius 2 is 1.77 bits per heavy atom. The third kappa shape index (κ3) is 2.60. The van der Waals surface area contributed by atoms with Gasteiger partial charge >= 0.3 is 5.97 Å². The van der Waals surface area contributed by atoms with Crippen molar-refractivity contribution in [2.75, 3.05) is 7.11 Å². The predicted molar refractivity (Wildman–Crippen MR) is 106 cm³/mol. The third-order valence-corrected chi connectivity index (χ3v) is 6.95. The summed E-state index contributed by atoms with van der Waals surface area (Å²) in [6.45, 7) is 0. The van der Waals surface area contributed by atoms with Crippen LogP contribution in [0, 0.1) is 56.2 Å². The van der Waals surface area contributed by atoms with Gasteiger partial charge in [-0.1, -0.05) is 31.4 Å². The first-order chi connectivity index (χ1) is 14.9. The summed E-state index contributed by atoms with van der Waals surface area (Å²) in [4.78, 5) is 11.8. The van der Waals surface area contributed by atoms with Crippen LogP contribution < -0.4 is 0 Å². The maximum absolute atomic E-state index is 11.8. The van der Waals surface area contributed by atoms with Crippen molar-refractivity contribution < 1.29 is 19.0 Å². The van der Waals surface area contributed by atoms with E-state index in [1.54, 1.807) is 12.1 Å². The SMILES string of the molecule is COC(=O)c1ccc(C2OC34CCCCCCC3C(C#N)(C(=N)O4)C2(C#N)C#N)cc1. The van der Waals surface area contributed by atoms with Gasteiger partial charge in [0, 0.05) is 6.42 Å². The van der Waals surface area contributed by atoms with Crippen LogP contribution in [-0.2, 0) is 14.2 Å². The fourth-order valence-electron chi connectivity index (χ4n) is 5.43. The van der Waals surface area contributed by atoms with E-state index in [2.05, 4.69) is 18.2 Å². The fraction of sp³-hybridized carbons (Fsp3) is 0.522. The lowest BCUT2D eigenvalue weighted by Gasteiger charge is -2.50. The standard InChI is InChI=1S/C23H22N4O4/c1-29-19(28)16-9-7-15(8-10-16)18-21(12-24,13-25)22(14-26)17-6-4-2-3-5-11-23(17,30-18)31-20(22)27/h7-10,17-18,27H,2-6,11H2,1H3. The maximum Gasteiger partial charge on any atom is 0.337 e. The smallest absolute Gasteiger partial charge is 0.337 e. The molecule has 158 valence electrons. The molecule has 8 nitrogen and oxygen atoms in total. The molecule has 2 saturated heterocycles. The number of hydrogen-bond donors (Lipinski definition) is 1. The van der Waals surface area contributed by atoms with E-state index in [9.17, 15) is 20.6 Å². The van der Waals surface area contributed by atoms with Crippen LogP contribution in [0.25, 0.3) is 0 Å². The van der Waals surface area contributed by atoms with E-state index in [1.165, 1.54) is 19.2 Å². The first kappa shape index (κ1) is 20.8. The molecule has 0 spiro atoms. The highest BCUT2D eigenvalue weighted by atomic mass is 16.7. The van der Waals surface area contributed by atoms with Gasteiger partial charge in [0.2, 0.25) is 17.1 Å². The molecule has 1 aromatic carbocycles. The Morgan fingerprint density at radius 3 is 2.39 bits per heavy atom. The molecule has 31 heavy (non-hydrogen) atoms. The van der Waals surface area contributed by atoms with E-state index in [1.807, 2.05) is 0 Å². The Hall–Kier alpha value is -3.41. The second-order valence-corrected chi connectivity index (χ2v) is 8.31. The first-order valence-corrected chi connectivity index (χ1v) is 10.3. The Morgan fingerprint density at radius 1 is 1.10 bits per heavy atom. The van der Waals surface area contributed by atoms with Crippen LogP contribution in [0.5, 0.6) is 0 Å². The molecule has 4 unspecified atom stereocenters. The molecule has 3 aliphatic rings. The number of esters is 1. The first-order valence-electron chi connectivity index (χ1n) is 10.3. The molecule has 1 aliphatic carbocycles. The summed E-state index contributed by atoms with van der Waals surface area (Å²) < 4.78 is 17.1. The lowest BCUT2D eigenvalue weighted by Crippen LogP contribution is -2.59. The number of ether oxygens (including phenoxy) is 3. The van der Waals surface area contributed by atoms with E-state index in [0.717, 1.165) is 25.7 Å². The predicted octanol–water partition coefficient (Wildman–Crippen LogP) is 3.76. The number of carbonyl (C=O) groups excluding carboxylic acids is 1. The summed E-state index contributed by atoms with van der Waals surface area (Å²) >= 11 is 0. The van der Waals surface area contributed by atoms with Gasteiger partial charge in [-0.05, 0) is 30.5 Å². The zero-order chi connectivity index (χ0) is 22.3. The van der Waals surface area contributed by atoms with Crippen molar-refractivity contribution >= 4 is 11.9 Å². The average molecular weight is 418 g/mol. The number of hydrogen-bond acceptors (Lipinski definition) is 8. The van der Waals surface area contributed by atoms with Crippen LogP contribution in [0.4, 0.5) is 0 Å². The molecule has 2 heterocycles. The van der Waals surface area contributed by atoms with Gasteiger partial charge in [-0.3, -0.25) is 5.41 Å². The van der Waals surface area contributed by atoms with E-state index < -0.39 is 34.6 Å². The minimum absolute atomic E-state index is 0.311. The van der Waals surface area contributed by atoms with Gasteiger partial charge in [0.1, 0.15) is 6.10 Å². The molecule has 0 amide bonds. The topological polar surface area (TPSA) is 140 Å². The number of carbonyl (C=O) groups is 1. The van der Waals surface area contributed by atoms with Gasteiger partial charge in [-0.15, -0.1) is 0 Å². The second kappa shape index (κ2) is 7.38. The molecule has 1 saturated carbocycles. The molecular weight excluding hydrogens is 396 g/mol. The van der Waals surface area contributed by atoms with Crippen LogP contribution in [0.1, 0.15) is 60.6 Å². The molecule has 1 aromatic rings. The second-order valence-electron chi connectivity index (χ2n) is 8.31. The van der Waals surface area contributed by atoms with Crippen LogP contribution >= 0.6 is 0 Å². The summed E-state index contributed by atoms with van der Waals surface area (Å²) in [5, 5.41) is 39.5. The van der Waals surface area contributed by atoms with E-state index in [0.29, 0.717) is 24.0 Å². The summed E-state index contributed by atoms with van der Waals surface area (Å²) in [5.74, 6) is -2.68. The number of nitrogens with zero attached hydrogens (tertiary/aromatic N) is 3. The Bertz CT molecular complexity index is 1030. The summed E-state index contributed by atoms with van der Waals surface area (Å²) in [6.07, 6.45) is 3.46. The summed E-state index contributed by atoms with van der Waals surface area (Å²) in [7, 11) is 1.28. The minimum atomic E-state index is -1.98. The van der Waals surface area contributed by atoms with Gasteiger partial charge in [0.25, 0.3) is 0 Å². The van der Waals surface area contributed by atoms with Crippen molar-refractivity contribution in [2.45, 2.75) is 50.4 Å². The molecule has 2 bridgehead atoms. The number of rotatable bonds is 2. The molecule has 2 aliphatic heterocycles. The molecule has 8 heteroatoms. The lowest BCUT2D eigenvalue weighted by atomic mass is 9.52. The Kier molecular flexibility index (Phi) is 4.96. The molecule has 0 aromatic heterocycles. The van der Waals surface area contributed by atoms with E-state index in [-0.39, 0.29) is 5.90 Å². The number of benzene rings is 1. The molecule has 1 N–H and O–H groups in total. The lowest BCUT2D eigenvalue weighted by molar-refractivity contribution is -0.289. The average Bonchev–Trinajstić information content (AvgIpc) is 2.95. The quantitative estimate of drug-likeness (QED) is 0.721. The van der Waals surface area contributed by atoms with Gasteiger partial charge in [-0.2, -0.15) is 15.8 Å². The zero-order valence-electron chi connectivity index (χ0n) is 17.2. The largest absolute Gasteiger partial charge is 0.465 e. The van der Waals surface area contributed by atoms with Gasteiger partial charge in [0.05, 0.1) is 36.8 Å². The van der Waals surface area contributed by atoms with Crippen LogP contribution in [0.3, 0.4) is 0 Å². The van der Waals surface area contributed by atoms with Crippen molar-refractivity contribution in [1.29, 1.82) is 21.2 Å². The number of nitriles is 3. The fourth-order valence-corrected chi connectivity index (χ4v) is 5.43. The van der Waals surface area contributed by atoms with Crippen molar-refractivity contribution in [1.82, 2.24) is 0 Å². The van der Waals surface area contributed by atoms with Crippen LogP contribution in [-0.4, -0.2) is 24.8 Å². The molecular formula is C23H22N4O4. The van der Waals surface area contributed by atoms with Crippen molar-refractivity contribution in [3.63, 3.8) is 0 Å². The normalized spacial score (nSPS) is 33.3. The van der Waals surface area contributed by atoms with Crippen molar-refractivity contribution in [3.05, 3.63) is 35.4 Å². The monoisotopic (exact) mass is 418 g/mol. The number of nitrogens with one attached hydrogen (secondary N) is 1. The summed E-state index contributed by atoms with van der Waals surface area (Å²) in [5.41, 5.74) is -2.94. The maximum atomic E-state index is 11.8. The van der Waals surface area contributed by atoms with Crippen molar-refractivity contribution in [3.8, 4) is 18.2 Å². The minimum Gasteiger partial charge on any atom is -0.465 e. The van der Waals surface area contributed by atoms with E-state index in [4.69, 9.17) is 19.6 Å². The molecule has 0 radical (unpaired) electrons.